The average molecular weight is 307 g/mol. The summed E-state index contributed by atoms with van der Waals surface area (Å²) in [5.41, 5.74) is 5.31. The van der Waals surface area contributed by atoms with Crippen molar-refractivity contribution in [3.63, 3.8) is 0 Å². The first kappa shape index (κ1) is 14.2. The molecule has 1 unspecified atom stereocenters. The SMILES string of the molecule is CC1(O)CCN(S(=O)(=O)c2ccc3nc(N)ccc3c2)C1. The minimum Gasteiger partial charge on any atom is -0.389 e. The van der Waals surface area contributed by atoms with Crippen LogP contribution in [-0.2, 0) is 10.0 Å². The fraction of sp³-hybridized carbons (Fsp3) is 0.357. The third-order valence-electron chi connectivity index (χ3n) is 3.74. The second kappa shape index (κ2) is 4.66. The maximum atomic E-state index is 12.6. The summed E-state index contributed by atoms with van der Waals surface area (Å²) in [6, 6.07) is 8.14. The van der Waals surface area contributed by atoms with Gasteiger partial charge in [-0.3, -0.25) is 0 Å². The molecule has 2 heterocycles. The van der Waals surface area contributed by atoms with Crippen LogP contribution in [0, 0.1) is 0 Å². The minimum atomic E-state index is -3.60. The molecule has 0 amide bonds. The highest BCUT2D eigenvalue weighted by atomic mass is 32.2. The van der Waals surface area contributed by atoms with E-state index in [-0.39, 0.29) is 11.4 Å². The van der Waals surface area contributed by atoms with Crippen molar-refractivity contribution in [2.24, 2.45) is 0 Å². The average Bonchev–Trinajstić information content (AvgIpc) is 2.79. The van der Waals surface area contributed by atoms with Gasteiger partial charge in [-0.15, -0.1) is 0 Å². The molecular formula is C14H17N3O3S. The summed E-state index contributed by atoms with van der Waals surface area (Å²) in [7, 11) is -3.60. The normalized spacial score (nSPS) is 23.7. The third-order valence-corrected chi connectivity index (χ3v) is 5.58. The number of fused-ring (bicyclic) bond motifs is 1. The zero-order valence-corrected chi connectivity index (χ0v) is 12.5. The van der Waals surface area contributed by atoms with Crippen LogP contribution in [0.5, 0.6) is 0 Å². The summed E-state index contributed by atoms with van der Waals surface area (Å²) in [4.78, 5) is 4.36. The molecule has 1 saturated heterocycles. The molecule has 0 radical (unpaired) electrons. The van der Waals surface area contributed by atoms with Gasteiger partial charge in [-0.05, 0) is 43.7 Å². The van der Waals surface area contributed by atoms with E-state index in [1.54, 1.807) is 31.2 Å². The van der Waals surface area contributed by atoms with Crippen molar-refractivity contribution >= 4 is 26.7 Å². The summed E-state index contributed by atoms with van der Waals surface area (Å²) in [5, 5.41) is 10.7. The van der Waals surface area contributed by atoms with Gasteiger partial charge in [0.1, 0.15) is 5.82 Å². The van der Waals surface area contributed by atoms with Crippen LogP contribution >= 0.6 is 0 Å². The van der Waals surface area contributed by atoms with Gasteiger partial charge >= 0.3 is 0 Å². The summed E-state index contributed by atoms with van der Waals surface area (Å²) in [5.74, 6) is 0.397. The number of nitrogens with two attached hydrogens (primary N) is 1. The first-order chi connectivity index (χ1) is 9.78. The molecule has 1 aromatic heterocycles. The lowest BCUT2D eigenvalue weighted by Crippen LogP contribution is -2.33. The molecule has 0 bridgehead atoms. The number of anilines is 1. The molecule has 1 aliphatic rings. The van der Waals surface area contributed by atoms with Crippen molar-refractivity contribution in [1.82, 2.24) is 9.29 Å². The Kier molecular flexibility index (Phi) is 3.16. The molecule has 0 aliphatic carbocycles. The molecule has 1 fully saturated rings. The summed E-state index contributed by atoms with van der Waals surface area (Å²) in [6.45, 7) is 2.09. The van der Waals surface area contributed by atoms with E-state index in [1.807, 2.05) is 0 Å². The largest absolute Gasteiger partial charge is 0.389 e. The Morgan fingerprint density at radius 1 is 1.33 bits per heavy atom. The van der Waals surface area contributed by atoms with Crippen LogP contribution in [0.15, 0.2) is 35.2 Å². The van der Waals surface area contributed by atoms with E-state index in [4.69, 9.17) is 5.73 Å². The van der Waals surface area contributed by atoms with Gasteiger partial charge in [0.15, 0.2) is 0 Å². The van der Waals surface area contributed by atoms with Crippen LogP contribution in [0.25, 0.3) is 10.9 Å². The molecule has 1 aliphatic heterocycles. The Morgan fingerprint density at radius 3 is 2.76 bits per heavy atom. The molecule has 6 nitrogen and oxygen atoms in total. The highest BCUT2D eigenvalue weighted by Gasteiger charge is 2.38. The van der Waals surface area contributed by atoms with Crippen molar-refractivity contribution in [2.45, 2.75) is 23.8 Å². The number of hydrogen-bond acceptors (Lipinski definition) is 5. The number of aliphatic hydroxyl groups is 1. The third kappa shape index (κ3) is 2.59. The molecule has 112 valence electrons. The van der Waals surface area contributed by atoms with Crippen LogP contribution in [0.2, 0.25) is 0 Å². The Bertz CT molecular complexity index is 802. The predicted octanol–water partition coefficient (Wildman–Crippen LogP) is 0.962. The Balaban J connectivity index is 2.01. The molecule has 7 heteroatoms. The molecule has 0 spiro atoms. The molecular weight excluding hydrogens is 290 g/mol. The number of pyridine rings is 1. The number of sulfonamides is 1. The fourth-order valence-electron chi connectivity index (χ4n) is 2.54. The number of nitrogen functional groups attached to an aromatic ring is 1. The van der Waals surface area contributed by atoms with Gasteiger partial charge in [0.25, 0.3) is 0 Å². The highest BCUT2D eigenvalue weighted by Crippen LogP contribution is 2.28. The van der Waals surface area contributed by atoms with Crippen LogP contribution in [-0.4, -0.2) is 41.5 Å². The lowest BCUT2D eigenvalue weighted by Gasteiger charge is -2.19. The minimum absolute atomic E-state index is 0.118. The molecule has 3 rings (SSSR count). The second-order valence-electron chi connectivity index (χ2n) is 5.68. The van der Waals surface area contributed by atoms with E-state index in [0.29, 0.717) is 24.3 Å². The quantitative estimate of drug-likeness (QED) is 0.861. The number of β-amino-alcohol motifs (C(OH)–C–C–N with tert-alkyl or cyclic N) is 1. The Morgan fingerprint density at radius 2 is 2.10 bits per heavy atom. The standard InChI is InChI=1S/C14H17N3O3S/c1-14(18)6-7-17(9-14)21(19,20)11-3-4-12-10(8-11)2-5-13(15)16-12/h2-5,8,18H,6-7,9H2,1H3,(H2,15,16). The van der Waals surface area contributed by atoms with E-state index in [0.717, 1.165) is 5.39 Å². The summed E-state index contributed by atoms with van der Waals surface area (Å²) < 4.78 is 26.5. The summed E-state index contributed by atoms with van der Waals surface area (Å²) >= 11 is 0. The van der Waals surface area contributed by atoms with E-state index in [2.05, 4.69) is 4.98 Å². The zero-order chi connectivity index (χ0) is 15.3. The maximum Gasteiger partial charge on any atom is 0.243 e. The molecule has 21 heavy (non-hydrogen) atoms. The lowest BCUT2D eigenvalue weighted by atomic mass is 10.1. The highest BCUT2D eigenvalue weighted by molar-refractivity contribution is 7.89. The van der Waals surface area contributed by atoms with Crippen molar-refractivity contribution in [3.05, 3.63) is 30.3 Å². The van der Waals surface area contributed by atoms with Gasteiger partial charge in [0.05, 0.1) is 16.0 Å². The Hall–Kier alpha value is -1.70. The van der Waals surface area contributed by atoms with E-state index < -0.39 is 15.6 Å². The van der Waals surface area contributed by atoms with E-state index in [9.17, 15) is 13.5 Å². The van der Waals surface area contributed by atoms with Crippen molar-refractivity contribution in [2.75, 3.05) is 18.8 Å². The van der Waals surface area contributed by atoms with Gasteiger partial charge in [0.2, 0.25) is 10.0 Å². The molecule has 2 aromatic rings. The van der Waals surface area contributed by atoms with Crippen molar-refractivity contribution < 1.29 is 13.5 Å². The van der Waals surface area contributed by atoms with E-state index >= 15 is 0 Å². The smallest absolute Gasteiger partial charge is 0.243 e. The fourth-order valence-corrected chi connectivity index (χ4v) is 4.13. The van der Waals surface area contributed by atoms with Gasteiger partial charge in [-0.25, -0.2) is 13.4 Å². The molecule has 1 atom stereocenters. The van der Waals surface area contributed by atoms with E-state index in [1.165, 1.54) is 10.4 Å². The molecule has 3 N–H and O–H groups in total. The van der Waals surface area contributed by atoms with Crippen molar-refractivity contribution in [1.29, 1.82) is 0 Å². The molecule has 0 saturated carbocycles. The predicted molar refractivity (Wildman–Crippen MR) is 80.2 cm³/mol. The second-order valence-corrected chi connectivity index (χ2v) is 7.61. The van der Waals surface area contributed by atoms with Crippen LogP contribution in [0.1, 0.15) is 13.3 Å². The van der Waals surface area contributed by atoms with Crippen LogP contribution in [0.3, 0.4) is 0 Å². The number of benzene rings is 1. The van der Waals surface area contributed by atoms with Crippen LogP contribution < -0.4 is 5.73 Å². The number of nitrogens with zero attached hydrogens (tertiary/aromatic N) is 2. The van der Waals surface area contributed by atoms with Crippen LogP contribution in [0.4, 0.5) is 5.82 Å². The van der Waals surface area contributed by atoms with Gasteiger partial charge in [-0.2, -0.15) is 4.31 Å². The van der Waals surface area contributed by atoms with Gasteiger partial charge in [0, 0.05) is 18.5 Å². The van der Waals surface area contributed by atoms with Crippen molar-refractivity contribution in [3.8, 4) is 0 Å². The first-order valence-corrected chi connectivity index (χ1v) is 8.11. The lowest BCUT2D eigenvalue weighted by molar-refractivity contribution is 0.0762. The number of hydrogen-bond donors (Lipinski definition) is 2. The first-order valence-electron chi connectivity index (χ1n) is 6.67. The van der Waals surface area contributed by atoms with Gasteiger partial charge in [-0.1, -0.05) is 0 Å². The summed E-state index contributed by atoms with van der Waals surface area (Å²) in [6.07, 6.45) is 0.442. The Labute approximate surface area is 123 Å². The monoisotopic (exact) mass is 307 g/mol. The van der Waals surface area contributed by atoms with Gasteiger partial charge < -0.3 is 10.8 Å². The molecule has 1 aromatic carbocycles. The number of aromatic nitrogens is 1. The topological polar surface area (TPSA) is 96.5 Å². The zero-order valence-electron chi connectivity index (χ0n) is 11.7. The maximum absolute atomic E-state index is 12.6. The number of rotatable bonds is 2.